The van der Waals surface area contributed by atoms with Gasteiger partial charge in [0, 0.05) is 11.1 Å². The molecular formula is C14H18F3N3O2. The van der Waals surface area contributed by atoms with Crippen LogP contribution in [0.5, 0.6) is 5.75 Å². The number of hydrogen-bond acceptors (Lipinski definition) is 3. The lowest BCUT2D eigenvalue weighted by Gasteiger charge is -2.46. The number of aliphatic imine (C=N–C) groups is 1. The first-order valence-corrected chi connectivity index (χ1v) is 6.72. The van der Waals surface area contributed by atoms with Gasteiger partial charge in [0.1, 0.15) is 5.75 Å². The number of ether oxygens (including phenoxy) is 1. The summed E-state index contributed by atoms with van der Waals surface area (Å²) >= 11 is 0. The molecule has 22 heavy (non-hydrogen) atoms. The Morgan fingerprint density at radius 2 is 1.95 bits per heavy atom. The normalized spacial score (nSPS) is 24.5. The van der Waals surface area contributed by atoms with Gasteiger partial charge in [-0.1, -0.05) is 13.8 Å². The fourth-order valence-corrected chi connectivity index (χ4v) is 2.19. The molecular weight excluding hydrogens is 299 g/mol. The summed E-state index contributed by atoms with van der Waals surface area (Å²) in [5, 5.41) is 12.4. The van der Waals surface area contributed by atoms with Crippen LogP contribution in [0.1, 0.15) is 20.3 Å². The van der Waals surface area contributed by atoms with Gasteiger partial charge < -0.3 is 20.9 Å². The van der Waals surface area contributed by atoms with E-state index in [0.717, 1.165) is 0 Å². The fourth-order valence-electron chi connectivity index (χ4n) is 2.19. The van der Waals surface area contributed by atoms with E-state index in [1.165, 1.54) is 24.3 Å². The summed E-state index contributed by atoms with van der Waals surface area (Å²) in [6.07, 6.45) is -4.59. The van der Waals surface area contributed by atoms with E-state index in [1.807, 2.05) is 13.8 Å². The second-order valence-corrected chi connectivity index (χ2v) is 5.80. The van der Waals surface area contributed by atoms with Crippen molar-refractivity contribution in [3.8, 4) is 5.75 Å². The Balaban J connectivity index is 1.96. The van der Waals surface area contributed by atoms with Gasteiger partial charge in [-0.2, -0.15) is 0 Å². The van der Waals surface area contributed by atoms with Crippen LogP contribution < -0.4 is 15.8 Å². The molecule has 0 bridgehead atoms. The number of nitrogens with two attached hydrogens (primary N) is 1. The average molecular weight is 317 g/mol. The lowest BCUT2D eigenvalue weighted by Crippen LogP contribution is -2.53. The third-order valence-electron chi connectivity index (χ3n) is 3.82. The van der Waals surface area contributed by atoms with Crippen LogP contribution in [0.2, 0.25) is 0 Å². The topological polar surface area (TPSA) is 79.9 Å². The molecule has 0 aromatic heterocycles. The molecule has 122 valence electrons. The van der Waals surface area contributed by atoms with Gasteiger partial charge in [0.25, 0.3) is 0 Å². The molecule has 1 aliphatic rings. The quantitative estimate of drug-likeness (QED) is 0.591. The predicted octanol–water partition coefficient (Wildman–Crippen LogP) is 2.47. The van der Waals surface area contributed by atoms with Crippen LogP contribution in [0.3, 0.4) is 0 Å². The lowest BCUT2D eigenvalue weighted by molar-refractivity contribution is -0.274. The number of rotatable bonds is 3. The van der Waals surface area contributed by atoms with Gasteiger partial charge in [-0.05, 0) is 30.7 Å². The van der Waals surface area contributed by atoms with E-state index in [9.17, 15) is 18.3 Å². The van der Waals surface area contributed by atoms with Crippen molar-refractivity contribution in [1.82, 2.24) is 0 Å². The number of guanidine groups is 1. The number of alkyl halides is 3. The van der Waals surface area contributed by atoms with Crippen LogP contribution >= 0.6 is 0 Å². The summed E-state index contributed by atoms with van der Waals surface area (Å²) in [4.78, 5) is 4.27. The summed E-state index contributed by atoms with van der Waals surface area (Å²) in [5.74, 6) is -0.161. The van der Waals surface area contributed by atoms with Crippen molar-refractivity contribution in [2.45, 2.75) is 38.8 Å². The summed E-state index contributed by atoms with van der Waals surface area (Å²) < 4.78 is 39.9. The Labute approximate surface area is 126 Å². The van der Waals surface area contributed by atoms with Crippen molar-refractivity contribution >= 4 is 11.6 Å². The molecule has 1 saturated carbocycles. The number of nitrogens with zero attached hydrogens (tertiary/aromatic N) is 1. The Hall–Kier alpha value is -1.96. The molecule has 0 saturated heterocycles. The number of benzene rings is 1. The molecule has 0 heterocycles. The van der Waals surface area contributed by atoms with Crippen LogP contribution in [0.15, 0.2) is 29.3 Å². The number of aliphatic hydroxyl groups is 1. The van der Waals surface area contributed by atoms with E-state index in [1.54, 1.807) is 0 Å². The first-order valence-electron chi connectivity index (χ1n) is 6.72. The monoisotopic (exact) mass is 317 g/mol. The van der Waals surface area contributed by atoms with E-state index in [-0.39, 0.29) is 23.2 Å². The Kier molecular flexibility index (Phi) is 4.23. The van der Waals surface area contributed by atoms with Gasteiger partial charge in [-0.3, -0.25) is 0 Å². The summed E-state index contributed by atoms with van der Waals surface area (Å²) in [6, 6.07) is 5.08. The Morgan fingerprint density at radius 1 is 1.36 bits per heavy atom. The van der Waals surface area contributed by atoms with Gasteiger partial charge in [0.05, 0.1) is 12.1 Å². The van der Waals surface area contributed by atoms with E-state index >= 15 is 0 Å². The third-order valence-corrected chi connectivity index (χ3v) is 3.82. The molecule has 2 rings (SSSR count). The minimum Gasteiger partial charge on any atom is -0.406 e. The van der Waals surface area contributed by atoms with Gasteiger partial charge in [0.15, 0.2) is 5.96 Å². The fraction of sp³-hybridized carbons (Fsp3) is 0.500. The molecule has 1 aromatic rings. The van der Waals surface area contributed by atoms with E-state index in [0.29, 0.717) is 12.1 Å². The first-order chi connectivity index (χ1) is 10.1. The van der Waals surface area contributed by atoms with Gasteiger partial charge >= 0.3 is 6.36 Å². The largest absolute Gasteiger partial charge is 0.573 e. The van der Waals surface area contributed by atoms with E-state index < -0.39 is 12.5 Å². The van der Waals surface area contributed by atoms with Crippen molar-refractivity contribution < 1.29 is 23.0 Å². The van der Waals surface area contributed by atoms with Gasteiger partial charge in [-0.15, -0.1) is 13.2 Å². The van der Waals surface area contributed by atoms with Crippen LogP contribution in [0.25, 0.3) is 0 Å². The number of halogens is 3. The maximum absolute atomic E-state index is 12.0. The van der Waals surface area contributed by atoms with Gasteiger partial charge in [-0.25, -0.2) is 4.99 Å². The van der Waals surface area contributed by atoms with Crippen molar-refractivity contribution in [3.05, 3.63) is 24.3 Å². The SMILES string of the molecule is CC1(C)C(O)CC1N=C(N)Nc1ccc(OC(F)(F)F)cc1. The third kappa shape index (κ3) is 3.82. The van der Waals surface area contributed by atoms with Crippen molar-refractivity contribution in [2.75, 3.05) is 5.32 Å². The average Bonchev–Trinajstić information content (AvgIpc) is 2.39. The highest BCUT2D eigenvalue weighted by Crippen LogP contribution is 2.42. The second-order valence-electron chi connectivity index (χ2n) is 5.80. The Bertz CT molecular complexity index is 555. The molecule has 0 aliphatic heterocycles. The number of aliphatic hydroxyl groups excluding tert-OH is 1. The first kappa shape index (κ1) is 16.4. The van der Waals surface area contributed by atoms with Gasteiger partial charge in [0.2, 0.25) is 0 Å². The molecule has 2 atom stereocenters. The zero-order valence-electron chi connectivity index (χ0n) is 12.2. The molecule has 5 nitrogen and oxygen atoms in total. The summed E-state index contributed by atoms with van der Waals surface area (Å²) in [5.41, 5.74) is 5.93. The van der Waals surface area contributed by atoms with E-state index in [4.69, 9.17) is 5.73 Å². The maximum Gasteiger partial charge on any atom is 0.573 e. The zero-order chi connectivity index (χ0) is 16.5. The number of anilines is 1. The Morgan fingerprint density at radius 3 is 2.41 bits per heavy atom. The van der Waals surface area contributed by atoms with Crippen LogP contribution in [0, 0.1) is 5.41 Å². The standard InChI is InChI=1S/C14H18F3N3O2/c1-13(2)10(7-11(13)21)20-12(18)19-8-3-5-9(6-4-8)22-14(15,16)17/h3-6,10-11,21H,7H2,1-2H3,(H3,18,19,20). The summed E-state index contributed by atoms with van der Waals surface area (Å²) in [7, 11) is 0. The van der Waals surface area contributed by atoms with Crippen molar-refractivity contribution in [2.24, 2.45) is 16.1 Å². The summed E-state index contributed by atoms with van der Waals surface area (Å²) in [6.45, 7) is 3.79. The number of hydrogen-bond donors (Lipinski definition) is 3. The molecule has 0 spiro atoms. The highest BCUT2D eigenvalue weighted by atomic mass is 19.4. The highest BCUT2D eigenvalue weighted by Gasteiger charge is 2.47. The second kappa shape index (κ2) is 5.68. The minimum absolute atomic E-state index is 0.0946. The zero-order valence-corrected chi connectivity index (χ0v) is 12.2. The van der Waals surface area contributed by atoms with Crippen LogP contribution in [-0.2, 0) is 0 Å². The van der Waals surface area contributed by atoms with E-state index in [2.05, 4.69) is 15.0 Å². The van der Waals surface area contributed by atoms with Crippen LogP contribution in [-0.4, -0.2) is 29.6 Å². The van der Waals surface area contributed by atoms with Crippen molar-refractivity contribution in [3.63, 3.8) is 0 Å². The van der Waals surface area contributed by atoms with Crippen LogP contribution in [0.4, 0.5) is 18.9 Å². The van der Waals surface area contributed by atoms with Crippen molar-refractivity contribution in [1.29, 1.82) is 0 Å². The lowest BCUT2D eigenvalue weighted by atomic mass is 9.65. The minimum atomic E-state index is -4.72. The molecule has 0 radical (unpaired) electrons. The molecule has 1 aliphatic carbocycles. The molecule has 2 unspecified atom stereocenters. The maximum atomic E-state index is 12.0. The predicted molar refractivity (Wildman–Crippen MR) is 76.6 cm³/mol. The smallest absolute Gasteiger partial charge is 0.406 e. The molecule has 0 amide bonds. The number of nitrogens with one attached hydrogen (secondary N) is 1. The molecule has 8 heteroatoms. The molecule has 1 aromatic carbocycles. The highest BCUT2D eigenvalue weighted by molar-refractivity contribution is 5.92. The molecule has 4 N–H and O–H groups in total. The molecule has 1 fully saturated rings.